The Morgan fingerprint density at radius 3 is 2.37 bits per heavy atom. The molecule has 1 saturated carbocycles. The van der Waals surface area contributed by atoms with Crippen molar-refractivity contribution in [1.82, 2.24) is 5.32 Å². The monoisotopic (exact) mass is 259 g/mol. The highest BCUT2D eigenvalue weighted by atomic mass is 16.1. The van der Waals surface area contributed by atoms with Gasteiger partial charge in [-0.1, -0.05) is 58.0 Å². The summed E-state index contributed by atoms with van der Waals surface area (Å²) < 4.78 is 0. The van der Waals surface area contributed by atoms with Crippen molar-refractivity contribution < 1.29 is 4.79 Å². The summed E-state index contributed by atoms with van der Waals surface area (Å²) in [6, 6.07) is 10.5. The minimum absolute atomic E-state index is 0.0422. The fourth-order valence-electron chi connectivity index (χ4n) is 2.62. The number of carbonyl (C=O) groups excluding carboxylic acids is 1. The van der Waals surface area contributed by atoms with Crippen LogP contribution >= 0.6 is 0 Å². The predicted molar refractivity (Wildman–Crippen MR) is 78.7 cm³/mol. The smallest absolute Gasteiger partial charge is 0.221 e. The second-order valence-corrected chi connectivity index (χ2v) is 7.07. The van der Waals surface area contributed by atoms with Crippen LogP contribution in [-0.2, 0) is 4.79 Å². The van der Waals surface area contributed by atoms with E-state index in [1.165, 1.54) is 12.0 Å². The summed E-state index contributed by atoms with van der Waals surface area (Å²) in [6.45, 7) is 8.56. The Morgan fingerprint density at radius 1 is 1.32 bits per heavy atom. The van der Waals surface area contributed by atoms with Crippen LogP contribution in [0.5, 0.6) is 0 Å². The molecule has 0 aliphatic heterocycles. The maximum atomic E-state index is 12.2. The number of hydrogen-bond donors (Lipinski definition) is 1. The van der Waals surface area contributed by atoms with Crippen molar-refractivity contribution in [2.75, 3.05) is 0 Å². The third-order valence-corrected chi connectivity index (χ3v) is 3.77. The molecule has 1 aromatic carbocycles. The van der Waals surface area contributed by atoms with E-state index in [0.29, 0.717) is 12.3 Å². The standard InChI is InChI=1S/C17H25NO/c1-12-10-14(12)16(13-8-6-5-7-9-13)18-15(19)11-17(2,3)4/h5-9,12,14,16H,10-11H2,1-4H3,(H,18,19). The first kappa shape index (κ1) is 14.1. The summed E-state index contributed by atoms with van der Waals surface area (Å²) in [6.07, 6.45) is 1.80. The Kier molecular flexibility index (Phi) is 3.98. The van der Waals surface area contributed by atoms with Crippen LogP contribution in [0.1, 0.15) is 52.1 Å². The zero-order valence-corrected chi connectivity index (χ0v) is 12.4. The lowest BCUT2D eigenvalue weighted by atomic mass is 9.91. The van der Waals surface area contributed by atoms with Crippen molar-refractivity contribution in [3.05, 3.63) is 35.9 Å². The molecule has 1 N–H and O–H groups in total. The summed E-state index contributed by atoms with van der Waals surface area (Å²) in [5.74, 6) is 1.49. The molecular formula is C17H25NO. The van der Waals surface area contributed by atoms with Gasteiger partial charge in [-0.15, -0.1) is 0 Å². The third kappa shape index (κ3) is 4.09. The Balaban J connectivity index is 2.06. The first-order valence-electron chi connectivity index (χ1n) is 7.21. The summed E-state index contributed by atoms with van der Waals surface area (Å²) in [5, 5.41) is 3.24. The molecule has 0 bridgehead atoms. The molecule has 2 rings (SSSR count). The molecule has 0 saturated heterocycles. The van der Waals surface area contributed by atoms with Gasteiger partial charge in [0, 0.05) is 6.42 Å². The van der Waals surface area contributed by atoms with Crippen molar-refractivity contribution in [2.45, 2.75) is 46.6 Å². The van der Waals surface area contributed by atoms with E-state index in [1.54, 1.807) is 0 Å². The van der Waals surface area contributed by atoms with Gasteiger partial charge in [0.25, 0.3) is 0 Å². The molecule has 1 fully saturated rings. The largest absolute Gasteiger partial charge is 0.349 e. The van der Waals surface area contributed by atoms with Gasteiger partial charge in [-0.05, 0) is 29.2 Å². The zero-order valence-electron chi connectivity index (χ0n) is 12.4. The molecule has 0 aromatic heterocycles. The molecule has 2 heteroatoms. The van der Waals surface area contributed by atoms with Crippen LogP contribution in [0, 0.1) is 17.3 Å². The average Bonchev–Trinajstić information content (AvgIpc) is 3.02. The molecular weight excluding hydrogens is 234 g/mol. The van der Waals surface area contributed by atoms with E-state index in [1.807, 2.05) is 18.2 Å². The Morgan fingerprint density at radius 2 is 1.89 bits per heavy atom. The van der Waals surface area contributed by atoms with Crippen LogP contribution < -0.4 is 5.32 Å². The van der Waals surface area contributed by atoms with Gasteiger partial charge in [-0.25, -0.2) is 0 Å². The lowest BCUT2D eigenvalue weighted by Gasteiger charge is -2.23. The van der Waals surface area contributed by atoms with E-state index in [-0.39, 0.29) is 17.4 Å². The summed E-state index contributed by atoms with van der Waals surface area (Å²) in [4.78, 5) is 12.2. The highest BCUT2D eigenvalue weighted by Gasteiger charge is 2.41. The van der Waals surface area contributed by atoms with Crippen molar-refractivity contribution >= 4 is 5.91 Å². The number of amides is 1. The number of nitrogens with one attached hydrogen (secondary N) is 1. The van der Waals surface area contributed by atoms with Gasteiger partial charge in [-0.2, -0.15) is 0 Å². The Labute approximate surface area is 116 Å². The summed E-state index contributed by atoms with van der Waals surface area (Å²) in [7, 11) is 0. The second kappa shape index (κ2) is 5.36. The molecule has 1 aliphatic carbocycles. The first-order valence-corrected chi connectivity index (χ1v) is 7.21. The Hall–Kier alpha value is -1.31. The number of rotatable bonds is 4. The number of carbonyl (C=O) groups is 1. The van der Waals surface area contributed by atoms with E-state index in [0.717, 1.165) is 5.92 Å². The molecule has 1 aromatic rings. The van der Waals surface area contributed by atoms with Gasteiger partial charge in [0.15, 0.2) is 0 Å². The maximum Gasteiger partial charge on any atom is 0.221 e. The van der Waals surface area contributed by atoms with E-state index in [4.69, 9.17) is 0 Å². The molecule has 2 nitrogen and oxygen atoms in total. The van der Waals surface area contributed by atoms with Crippen LogP contribution in [-0.4, -0.2) is 5.91 Å². The average molecular weight is 259 g/mol. The number of hydrogen-bond acceptors (Lipinski definition) is 1. The SMILES string of the molecule is CC1CC1C(NC(=O)CC(C)(C)C)c1ccccc1. The van der Waals surface area contributed by atoms with Crippen LogP contribution in [0.25, 0.3) is 0 Å². The van der Waals surface area contributed by atoms with Crippen molar-refractivity contribution in [1.29, 1.82) is 0 Å². The van der Waals surface area contributed by atoms with E-state index in [9.17, 15) is 4.79 Å². The Bertz CT molecular complexity index is 432. The fourth-order valence-corrected chi connectivity index (χ4v) is 2.62. The normalized spacial score (nSPS) is 23.8. The van der Waals surface area contributed by atoms with Crippen molar-refractivity contribution in [3.8, 4) is 0 Å². The van der Waals surface area contributed by atoms with Gasteiger partial charge < -0.3 is 5.32 Å². The van der Waals surface area contributed by atoms with Gasteiger partial charge in [0.2, 0.25) is 5.91 Å². The van der Waals surface area contributed by atoms with Crippen LogP contribution in [0.3, 0.4) is 0 Å². The van der Waals surface area contributed by atoms with Crippen LogP contribution in [0.15, 0.2) is 30.3 Å². The zero-order chi connectivity index (χ0) is 14.0. The molecule has 1 aliphatic rings. The fraction of sp³-hybridized carbons (Fsp3) is 0.588. The van der Waals surface area contributed by atoms with Crippen LogP contribution in [0.2, 0.25) is 0 Å². The molecule has 3 unspecified atom stereocenters. The lowest BCUT2D eigenvalue weighted by Crippen LogP contribution is -2.32. The van der Waals surface area contributed by atoms with Crippen LogP contribution in [0.4, 0.5) is 0 Å². The minimum atomic E-state index is 0.0422. The quantitative estimate of drug-likeness (QED) is 0.872. The highest BCUT2D eigenvalue weighted by Crippen LogP contribution is 2.47. The molecule has 19 heavy (non-hydrogen) atoms. The lowest BCUT2D eigenvalue weighted by molar-refractivity contribution is -0.123. The molecule has 104 valence electrons. The molecule has 0 heterocycles. The maximum absolute atomic E-state index is 12.2. The first-order chi connectivity index (χ1) is 8.87. The summed E-state index contributed by atoms with van der Waals surface area (Å²) >= 11 is 0. The van der Waals surface area contributed by atoms with Gasteiger partial charge >= 0.3 is 0 Å². The molecule has 0 radical (unpaired) electrons. The second-order valence-electron chi connectivity index (χ2n) is 7.07. The molecule has 3 atom stereocenters. The van der Waals surface area contributed by atoms with Gasteiger partial charge in [0.1, 0.15) is 0 Å². The van der Waals surface area contributed by atoms with Crippen molar-refractivity contribution in [3.63, 3.8) is 0 Å². The van der Waals surface area contributed by atoms with E-state index >= 15 is 0 Å². The molecule has 0 spiro atoms. The predicted octanol–water partition coefficient (Wildman–Crippen LogP) is 3.94. The van der Waals surface area contributed by atoms with Gasteiger partial charge in [-0.3, -0.25) is 4.79 Å². The van der Waals surface area contributed by atoms with E-state index in [2.05, 4.69) is 45.1 Å². The molecule has 1 amide bonds. The van der Waals surface area contributed by atoms with E-state index < -0.39 is 0 Å². The minimum Gasteiger partial charge on any atom is -0.349 e. The topological polar surface area (TPSA) is 29.1 Å². The highest BCUT2D eigenvalue weighted by molar-refractivity contribution is 5.77. The number of benzene rings is 1. The van der Waals surface area contributed by atoms with Gasteiger partial charge in [0.05, 0.1) is 6.04 Å². The van der Waals surface area contributed by atoms with Crippen molar-refractivity contribution in [2.24, 2.45) is 17.3 Å². The third-order valence-electron chi connectivity index (χ3n) is 3.77. The summed E-state index contributed by atoms with van der Waals surface area (Å²) in [5.41, 5.74) is 1.28.